The second kappa shape index (κ2) is 14.5. The van der Waals surface area contributed by atoms with Crippen LogP contribution in [0.1, 0.15) is 116 Å². The van der Waals surface area contributed by atoms with Gasteiger partial charge in [0.1, 0.15) is 12.1 Å². The van der Waals surface area contributed by atoms with Gasteiger partial charge in [-0.2, -0.15) is 0 Å². The number of sulfonamides is 1. The number of alkyl carbamates (subject to hydrolysis) is 1. The van der Waals surface area contributed by atoms with Crippen LogP contribution in [0.4, 0.5) is 9.59 Å². The summed E-state index contributed by atoms with van der Waals surface area (Å²) in [5.74, 6) is -1.82. The van der Waals surface area contributed by atoms with Crippen LogP contribution >= 0.6 is 0 Å². The number of ketones is 1. The molecule has 5 atom stereocenters. The van der Waals surface area contributed by atoms with E-state index in [-0.39, 0.29) is 37.3 Å². The number of carbonyl (C=O) groups is 5. The van der Waals surface area contributed by atoms with Gasteiger partial charge in [-0.1, -0.05) is 72.6 Å². The van der Waals surface area contributed by atoms with Gasteiger partial charge in [0.05, 0.1) is 29.9 Å². The zero-order chi connectivity index (χ0) is 38.5. The van der Waals surface area contributed by atoms with Crippen LogP contribution in [0.2, 0.25) is 0 Å². The van der Waals surface area contributed by atoms with Crippen LogP contribution in [-0.2, 0) is 53.4 Å². The number of cyclic esters (lactones) is 1. The molecule has 1 aromatic rings. The number of nitrogens with zero attached hydrogens (tertiary/aromatic N) is 2. The second-order valence-electron chi connectivity index (χ2n) is 17.8. The number of hydrogen-bond acceptors (Lipinski definition) is 9. The molecule has 0 unspecified atom stereocenters. The average molecular weight is 757 g/mol. The molecule has 292 valence electrons. The molecule has 0 spiro atoms. The van der Waals surface area contributed by atoms with Crippen LogP contribution < -0.4 is 10.0 Å². The lowest BCUT2D eigenvalue weighted by Crippen LogP contribution is -2.57. The monoisotopic (exact) mass is 756 g/mol. The number of rotatable bonds is 7. The van der Waals surface area contributed by atoms with Gasteiger partial charge in [0.2, 0.25) is 21.8 Å². The van der Waals surface area contributed by atoms with Crippen molar-refractivity contribution in [3.63, 3.8) is 0 Å². The smallest absolute Gasteiger partial charge is 0.410 e. The maximum absolute atomic E-state index is 14.5. The first-order valence-corrected chi connectivity index (χ1v) is 20.8. The number of benzene rings is 1. The maximum atomic E-state index is 14.5. The van der Waals surface area contributed by atoms with Crippen molar-refractivity contribution in [2.45, 2.75) is 142 Å². The Bertz CT molecular complexity index is 1750. The normalized spacial score (nSPS) is 29.5. The average Bonchev–Trinajstić information content (AvgIpc) is 3.97. The van der Waals surface area contributed by atoms with Crippen molar-refractivity contribution in [1.82, 2.24) is 19.8 Å². The van der Waals surface area contributed by atoms with Gasteiger partial charge in [-0.25, -0.2) is 18.0 Å². The number of Topliss-reactive ketones (excluding diaryl/α,β-unsaturated/α-hetero) is 1. The number of fused-ring (bicyclic) bond motifs is 3. The van der Waals surface area contributed by atoms with Crippen LogP contribution in [0.15, 0.2) is 18.2 Å². The predicted octanol–water partition coefficient (Wildman–Crippen LogP) is 4.99. The summed E-state index contributed by atoms with van der Waals surface area (Å²) in [6.45, 7) is 12.2. The first-order chi connectivity index (χ1) is 24.8. The van der Waals surface area contributed by atoms with Gasteiger partial charge >= 0.3 is 12.2 Å². The quantitative estimate of drug-likeness (QED) is 0.390. The Labute approximate surface area is 313 Å². The van der Waals surface area contributed by atoms with Crippen molar-refractivity contribution >= 4 is 39.8 Å². The summed E-state index contributed by atoms with van der Waals surface area (Å²) >= 11 is 0. The molecule has 2 saturated carbocycles. The van der Waals surface area contributed by atoms with E-state index < -0.39 is 74.1 Å². The highest BCUT2D eigenvalue weighted by molar-refractivity contribution is 7.90. The summed E-state index contributed by atoms with van der Waals surface area (Å²) < 4.78 is 39.4. The summed E-state index contributed by atoms with van der Waals surface area (Å²) in [6, 6.07) is 3.96. The Morgan fingerprint density at radius 3 is 2.43 bits per heavy atom. The number of amides is 4. The van der Waals surface area contributed by atoms with E-state index in [2.05, 4.69) is 16.1 Å². The largest absolute Gasteiger partial charge is 0.449 e. The van der Waals surface area contributed by atoms with Crippen LogP contribution in [0, 0.1) is 22.2 Å². The molecule has 5 aliphatic rings. The summed E-state index contributed by atoms with van der Waals surface area (Å²) in [5, 5.41) is 2.17. The lowest BCUT2D eigenvalue weighted by atomic mass is 9.85. The van der Waals surface area contributed by atoms with E-state index in [0.29, 0.717) is 38.8 Å². The van der Waals surface area contributed by atoms with E-state index >= 15 is 0 Å². The number of carbonyl (C=O) groups excluding carboxylic acids is 5. The molecule has 3 fully saturated rings. The number of nitrogens with one attached hydrogen (secondary N) is 2. The predicted molar refractivity (Wildman–Crippen MR) is 196 cm³/mol. The Morgan fingerprint density at radius 2 is 1.77 bits per heavy atom. The van der Waals surface area contributed by atoms with Crippen molar-refractivity contribution in [2.75, 3.05) is 13.2 Å². The number of aryl methyl sites for hydroxylation is 1. The molecular formula is C39H56N4O9S. The van der Waals surface area contributed by atoms with Gasteiger partial charge in [-0.05, 0) is 72.0 Å². The molecule has 2 N–H and O–H groups in total. The van der Waals surface area contributed by atoms with Gasteiger partial charge in [0.15, 0.2) is 5.78 Å². The molecule has 0 aromatic heterocycles. The molecule has 4 amide bonds. The highest BCUT2D eigenvalue weighted by Gasteiger charge is 2.62. The fourth-order valence-corrected chi connectivity index (χ4v) is 9.73. The van der Waals surface area contributed by atoms with Gasteiger partial charge in [0.25, 0.3) is 0 Å². The third-order valence-electron chi connectivity index (χ3n) is 11.9. The zero-order valence-corrected chi connectivity index (χ0v) is 32.8. The molecule has 1 saturated heterocycles. The first kappa shape index (κ1) is 39.0. The Kier molecular flexibility index (Phi) is 10.7. The molecule has 3 heterocycles. The van der Waals surface area contributed by atoms with Crippen molar-refractivity contribution in [1.29, 1.82) is 0 Å². The summed E-state index contributed by atoms with van der Waals surface area (Å²) in [4.78, 5) is 72.4. The summed E-state index contributed by atoms with van der Waals surface area (Å²) in [5.41, 5.74) is 1.05. The Hall–Kier alpha value is -3.68. The van der Waals surface area contributed by atoms with Crippen LogP contribution in [-0.4, -0.2) is 84.6 Å². The van der Waals surface area contributed by atoms with Crippen molar-refractivity contribution in [3.05, 3.63) is 34.9 Å². The van der Waals surface area contributed by atoms with Gasteiger partial charge < -0.3 is 19.7 Å². The summed E-state index contributed by atoms with van der Waals surface area (Å²) in [6.07, 6.45) is 3.06. The van der Waals surface area contributed by atoms with Crippen LogP contribution in [0.5, 0.6) is 0 Å². The Balaban J connectivity index is 1.28. The van der Waals surface area contributed by atoms with Gasteiger partial charge in [0, 0.05) is 25.9 Å². The molecule has 3 aliphatic heterocycles. The van der Waals surface area contributed by atoms with E-state index in [1.54, 1.807) is 25.7 Å². The van der Waals surface area contributed by atoms with E-state index in [4.69, 9.17) is 9.47 Å². The third-order valence-corrected chi connectivity index (χ3v) is 13.7. The van der Waals surface area contributed by atoms with Crippen molar-refractivity contribution < 1.29 is 41.9 Å². The molecule has 13 nitrogen and oxygen atoms in total. The second-order valence-corrected chi connectivity index (χ2v) is 19.8. The minimum atomic E-state index is -3.84. The van der Waals surface area contributed by atoms with E-state index in [0.717, 1.165) is 36.8 Å². The first-order valence-electron chi connectivity index (χ1n) is 19.2. The highest BCUT2D eigenvalue weighted by atomic mass is 32.2. The minimum Gasteiger partial charge on any atom is -0.449 e. The highest BCUT2D eigenvalue weighted by Crippen LogP contribution is 2.58. The molecule has 0 radical (unpaired) electrons. The lowest BCUT2D eigenvalue weighted by molar-refractivity contribution is -0.142. The standard InChI is InChI=1S/C39H56N4O9S/c1-7-26-18-39(26,34(46)41-53(49,50)28-14-15-28)19-31(44)30-17-27-21-43(30)33(45)32(37(2,3)4)40-35(47)51-23-38(5,6)16-9-8-11-24-12-10-13-25-20-42(22-29(24)25)36(48)52-27/h10,12-13,26-28,30,32H,7-9,11,14-23H2,1-6H3,(H,40,47)(H,41,46)/t26-,27+,30-,32+,39-/m0/s1. The molecular weight excluding hydrogens is 701 g/mol. The number of hydrogen-bond donors (Lipinski definition) is 2. The van der Waals surface area contributed by atoms with E-state index in [1.807, 2.05) is 32.9 Å². The van der Waals surface area contributed by atoms with Crippen LogP contribution in [0.25, 0.3) is 0 Å². The SMILES string of the molecule is CC[C@H]1C[C@@]1(CC(=O)[C@@H]1C[C@@H]2CN1C(=O)[C@H](C(C)(C)C)NC(=O)OCC(C)(C)CCCCc1cccc3c1CN(C3)C(=O)O2)C(=O)NS(=O)(=O)C1CC1. The third kappa shape index (κ3) is 8.52. The van der Waals surface area contributed by atoms with E-state index in [9.17, 15) is 32.4 Å². The summed E-state index contributed by atoms with van der Waals surface area (Å²) in [7, 11) is -3.84. The minimum absolute atomic E-state index is 0.00666. The van der Waals surface area contributed by atoms with Gasteiger partial charge in [-0.15, -0.1) is 0 Å². The zero-order valence-electron chi connectivity index (χ0n) is 32.0. The van der Waals surface area contributed by atoms with Crippen molar-refractivity contribution in [3.8, 4) is 0 Å². The van der Waals surface area contributed by atoms with E-state index in [1.165, 1.54) is 10.5 Å². The molecule has 2 aliphatic carbocycles. The Morgan fingerprint density at radius 1 is 1.06 bits per heavy atom. The lowest BCUT2D eigenvalue weighted by Gasteiger charge is -2.35. The van der Waals surface area contributed by atoms with Crippen molar-refractivity contribution in [2.24, 2.45) is 22.2 Å². The number of ether oxygens (including phenoxy) is 2. The fraction of sp³-hybridized carbons (Fsp3) is 0.718. The fourth-order valence-electron chi connectivity index (χ4n) is 8.34. The maximum Gasteiger partial charge on any atom is 0.410 e. The molecule has 6 rings (SSSR count). The molecule has 53 heavy (non-hydrogen) atoms. The molecule has 1 aromatic carbocycles. The van der Waals surface area contributed by atoms with Crippen LogP contribution in [0.3, 0.4) is 0 Å². The molecule has 4 bridgehead atoms. The molecule has 14 heteroatoms. The topological polar surface area (TPSA) is 168 Å². The van der Waals surface area contributed by atoms with Gasteiger partial charge in [-0.3, -0.25) is 24.0 Å².